The smallest absolute Gasteiger partial charge is 0.269 e. The Bertz CT molecular complexity index is 551. The van der Waals surface area contributed by atoms with Gasteiger partial charge in [-0.2, -0.15) is 0 Å². The Morgan fingerprint density at radius 2 is 2.05 bits per heavy atom. The Morgan fingerprint density at radius 3 is 2.60 bits per heavy atom. The number of hydrogen-bond donors (Lipinski definition) is 1. The molecular weight excluding hydrogens is 256 g/mol. The molecular formula is C14H18N4O2. The molecule has 0 bridgehead atoms. The van der Waals surface area contributed by atoms with Crippen LogP contribution in [0, 0.1) is 10.1 Å². The summed E-state index contributed by atoms with van der Waals surface area (Å²) in [4.78, 5) is 14.2. The largest absolute Gasteiger partial charge is 0.336 e. The molecule has 0 aliphatic carbocycles. The Balaban J connectivity index is 1.93. The number of hydrogen-bond acceptors (Lipinski definition) is 4. The van der Waals surface area contributed by atoms with Crippen LogP contribution >= 0.6 is 0 Å². The number of imidazole rings is 1. The average molecular weight is 274 g/mol. The van der Waals surface area contributed by atoms with E-state index < -0.39 is 0 Å². The fourth-order valence-electron chi connectivity index (χ4n) is 2.17. The number of nitrogens with one attached hydrogen (secondary N) is 1. The lowest BCUT2D eigenvalue weighted by Crippen LogP contribution is -2.32. The highest BCUT2D eigenvalue weighted by atomic mass is 16.6. The first kappa shape index (κ1) is 14.2. The second-order valence-electron chi connectivity index (χ2n) is 4.90. The molecule has 0 spiro atoms. The lowest BCUT2D eigenvalue weighted by molar-refractivity contribution is -0.384. The van der Waals surface area contributed by atoms with E-state index in [0.717, 1.165) is 12.1 Å². The average Bonchev–Trinajstić information content (AvgIpc) is 2.91. The van der Waals surface area contributed by atoms with Crippen molar-refractivity contribution >= 4 is 5.69 Å². The highest BCUT2D eigenvalue weighted by Gasteiger charge is 2.11. The van der Waals surface area contributed by atoms with Crippen LogP contribution in [0.5, 0.6) is 0 Å². The van der Waals surface area contributed by atoms with Crippen LogP contribution in [0.3, 0.4) is 0 Å². The summed E-state index contributed by atoms with van der Waals surface area (Å²) in [6.07, 6.45) is 5.47. The zero-order chi connectivity index (χ0) is 14.5. The van der Waals surface area contributed by atoms with Crippen molar-refractivity contribution in [2.24, 2.45) is 0 Å². The summed E-state index contributed by atoms with van der Waals surface area (Å²) in [6, 6.07) is 7.06. The molecule has 0 saturated carbocycles. The van der Waals surface area contributed by atoms with Crippen molar-refractivity contribution in [2.75, 3.05) is 0 Å². The fraction of sp³-hybridized carbons (Fsp3) is 0.357. The Labute approximate surface area is 117 Å². The van der Waals surface area contributed by atoms with Crippen molar-refractivity contribution in [3.05, 3.63) is 58.7 Å². The Kier molecular flexibility index (Phi) is 4.47. The molecule has 6 nitrogen and oxygen atoms in total. The number of nitro benzene ring substituents is 1. The number of nitro groups is 1. The third kappa shape index (κ3) is 3.64. The highest BCUT2D eigenvalue weighted by molar-refractivity contribution is 5.34. The van der Waals surface area contributed by atoms with E-state index in [0.29, 0.717) is 0 Å². The molecule has 2 rings (SSSR count). The van der Waals surface area contributed by atoms with Crippen molar-refractivity contribution in [2.45, 2.75) is 32.5 Å². The SMILES string of the molecule is CC(Cn1ccnc1)NC(C)c1ccc([N+](=O)[O-])cc1. The summed E-state index contributed by atoms with van der Waals surface area (Å²) in [5.74, 6) is 0. The van der Waals surface area contributed by atoms with Gasteiger partial charge < -0.3 is 9.88 Å². The minimum Gasteiger partial charge on any atom is -0.336 e. The number of rotatable bonds is 6. The van der Waals surface area contributed by atoms with Gasteiger partial charge in [0.25, 0.3) is 5.69 Å². The molecule has 20 heavy (non-hydrogen) atoms. The summed E-state index contributed by atoms with van der Waals surface area (Å²) in [5, 5.41) is 14.1. The van der Waals surface area contributed by atoms with Gasteiger partial charge >= 0.3 is 0 Å². The molecule has 2 unspecified atom stereocenters. The van der Waals surface area contributed by atoms with E-state index in [9.17, 15) is 10.1 Å². The van der Waals surface area contributed by atoms with Gasteiger partial charge in [0.2, 0.25) is 0 Å². The highest BCUT2D eigenvalue weighted by Crippen LogP contribution is 2.18. The van der Waals surface area contributed by atoms with Crippen LogP contribution in [-0.4, -0.2) is 20.5 Å². The molecule has 1 aromatic heterocycles. The molecule has 0 radical (unpaired) electrons. The van der Waals surface area contributed by atoms with Crippen LogP contribution in [0.15, 0.2) is 43.0 Å². The van der Waals surface area contributed by atoms with Crippen LogP contribution in [-0.2, 0) is 6.54 Å². The van der Waals surface area contributed by atoms with Gasteiger partial charge in [0.15, 0.2) is 0 Å². The molecule has 6 heteroatoms. The summed E-state index contributed by atoms with van der Waals surface area (Å²) in [6.45, 7) is 4.98. The van der Waals surface area contributed by atoms with E-state index in [1.54, 1.807) is 24.7 Å². The van der Waals surface area contributed by atoms with Crippen LogP contribution in [0.4, 0.5) is 5.69 Å². The van der Waals surface area contributed by atoms with E-state index in [1.165, 1.54) is 12.1 Å². The molecule has 0 aliphatic rings. The minimum absolute atomic E-state index is 0.118. The molecule has 1 heterocycles. The maximum Gasteiger partial charge on any atom is 0.269 e. The van der Waals surface area contributed by atoms with E-state index in [2.05, 4.69) is 17.2 Å². The molecule has 0 amide bonds. The summed E-state index contributed by atoms with van der Waals surface area (Å²) in [5.41, 5.74) is 1.15. The molecule has 0 fully saturated rings. The van der Waals surface area contributed by atoms with Crippen molar-refractivity contribution in [1.29, 1.82) is 0 Å². The van der Waals surface area contributed by atoms with E-state index in [4.69, 9.17) is 0 Å². The van der Waals surface area contributed by atoms with Gasteiger partial charge in [-0.05, 0) is 19.4 Å². The molecule has 1 N–H and O–H groups in total. The quantitative estimate of drug-likeness (QED) is 0.649. The normalized spacial score (nSPS) is 13.9. The molecule has 1 aromatic carbocycles. The third-order valence-electron chi connectivity index (χ3n) is 3.18. The summed E-state index contributed by atoms with van der Waals surface area (Å²) in [7, 11) is 0. The second-order valence-corrected chi connectivity index (χ2v) is 4.90. The zero-order valence-corrected chi connectivity index (χ0v) is 11.6. The van der Waals surface area contributed by atoms with Crippen LogP contribution in [0.1, 0.15) is 25.5 Å². The summed E-state index contributed by atoms with van der Waals surface area (Å²) < 4.78 is 2.01. The van der Waals surface area contributed by atoms with Gasteiger partial charge in [-0.25, -0.2) is 4.98 Å². The van der Waals surface area contributed by atoms with Gasteiger partial charge in [-0.15, -0.1) is 0 Å². The lowest BCUT2D eigenvalue weighted by Gasteiger charge is -2.20. The van der Waals surface area contributed by atoms with Crippen LogP contribution in [0.2, 0.25) is 0 Å². The summed E-state index contributed by atoms with van der Waals surface area (Å²) >= 11 is 0. The molecule has 106 valence electrons. The van der Waals surface area contributed by atoms with Crippen molar-refractivity contribution in [1.82, 2.24) is 14.9 Å². The minimum atomic E-state index is -0.385. The number of nitrogens with zero attached hydrogens (tertiary/aromatic N) is 3. The first-order chi connectivity index (χ1) is 9.56. The number of non-ortho nitro benzene ring substituents is 1. The van der Waals surface area contributed by atoms with Gasteiger partial charge in [-0.3, -0.25) is 10.1 Å². The Hall–Kier alpha value is -2.21. The third-order valence-corrected chi connectivity index (χ3v) is 3.18. The predicted octanol–water partition coefficient (Wildman–Crippen LogP) is 2.53. The van der Waals surface area contributed by atoms with Gasteiger partial charge in [0.1, 0.15) is 0 Å². The topological polar surface area (TPSA) is 73.0 Å². The first-order valence-electron chi connectivity index (χ1n) is 6.52. The predicted molar refractivity (Wildman–Crippen MR) is 76.3 cm³/mol. The lowest BCUT2D eigenvalue weighted by atomic mass is 10.1. The van der Waals surface area contributed by atoms with Gasteiger partial charge in [0, 0.05) is 43.2 Å². The second kappa shape index (κ2) is 6.29. The molecule has 0 saturated heterocycles. The fourth-order valence-corrected chi connectivity index (χ4v) is 2.17. The van der Waals surface area contributed by atoms with Gasteiger partial charge in [-0.1, -0.05) is 12.1 Å². The molecule has 0 aliphatic heterocycles. The van der Waals surface area contributed by atoms with Crippen LogP contribution in [0.25, 0.3) is 0 Å². The standard InChI is InChI=1S/C14H18N4O2/c1-11(9-17-8-7-15-10-17)16-12(2)13-3-5-14(6-4-13)18(19)20/h3-8,10-12,16H,9H2,1-2H3. The van der Waals surface area contributed by atoms with Crippen LogP contribution < -0.4 is 5.32 Å². The molecule has 2 atom stereocenters. The number of aromatic nitrogens is 2. The maximum atomic E-state index is 10.6. The maximum absolute atomic E-state index is 10.6. The monoisotopic (exact) mass is 274 g/mol. The first-order valence-corrected chi connectivity index (χ1v) is 6.52. The van der Waals surface area contributed by atoms with Crippen molar-refractivity contribution in [3.63, 3.8) is 0 Å². The van der Waals surface area contributed by atoms with Crippen molar-refractivity contribution in [3.8, 4) is 0 Å². The van der Waals surface area contributed by atoms with E-state index >= 15 is 0 Å². The molecule has 2 aromatic rings. The Morgan fingerprint density at radius 1 is 1.35 bits per heavy atom. The van der Waals surface area contributed by atoms with Crippen molar-refractivity contribution < 1.29 is 4.92 Å². The van der Waals surface area contributed by atoms with E-state index in [-0.39, 0.29) is 22.7 Å². The zero-order valence-electron chi connectivity index (χ0n) is 11.6. The van der Waals surface area contributed by atoms with Gasteiger partial charge in [0.05, 0.1) is 11.3 Å². The van der Waals surface area contributed by atoms with E-state index in [1.807, 2.05) is 17.7 Å². The number of benzene rings is 1.